The van der Waals surface area contributed by atoms with Crippen molar-refractivity contribution in [2.45, 2.75) is 250 Å². The number of aliphatic hydroxyl groups excluding tert-OH is 2. The second-order valence-corrected chi connectivity index (χ2v) is 18.8. The summed E-state index contributed by atoms with van der Waals surface area (Å²) in [5.74, 6) is -3.27. The third kappa shape index (κ3) is 38.8. The fraction of sp³-hybridized carbons (Fsp3) is 0.672. The summed E-state index contributed by atoms with van der Waals surface area (Å²) in [6.07, 6.45) is 51.1. The van der Waals surface area contributed by atoms with E-state index in [4.69, 9.17) is 23.7 Å². The van der Waals surface area contributed by atoms with E-state index >= 15 is 0 Å². The Morgan fingerprint density at radius 2 is 0.890 bits per heavy atom. The molecule has 0 spiro atoms. The van der Waals surface area contributed by atoms with Crippen LogP contribution in [0.4, 0.5) is 0 Å². The number of hydrogen-bond acceptors (Lipinski definition) is 11. The number of carbonyl (C=O) groups excluding carboxylic acids is 3. The quantitative estimate of drug-likeness (QED) is 0.0228. The van der Waals surface area contributed by atoms with Crippen LogP contribution in [0.3, 0.4) is 0 Å². The molecule has 1 aliphatic heterocycles. The number of carboxylic acids is 1. The lowest BCUT2D eigenvalue weighted by atomic mass is 9.98. The molecule has 0 radical (unpaired) electrons. The monoisotopic (exact) mass is 1020 g/mol. The number of ether oxygens (including phenoxy) is 5. The first-order valence-corrected chi connectivity index (χ1v) is 28.2. The topological polar surface area (TPSA) is 175 Å². The number of hydrogen-bond donors (Lipinski definition) is 3. The summed E-state index contributed by atoms with van der Waals surface area (Å²) < 4.78 is 28.3. The Bertz CT molecular complexity index is 1640. The number of unbranched alkanes of at least 4 members (excludes halogenated alkanes) is 16. The fourth-order valence-electron chi connectivity index (χ4n) is 7.86. The van der Waals surface area contributed by atoms with Crippen molar-refractivity contribution in [1.29, 1.82) is 0 Å². The molecule has 414 valence electrons. The van der Waals surface area contributed by atoms with Gasteiger partial charge in [-0.05, 0) is 103 Å². The van der Waals surface area contributed by atoms with Crippen LogP contribution in [-0.4, -0.2) is 89.2 Å². The molecule has 1 rings (SSSR count). The Kier molecular flexibility index (Phi) is 44.4. The van der Waals surface area contributed by atoms with Crippen molar-refractivity contribution in [3.05, 3.63) is 97.2 Å². The number of carboxylic acid groups (broad SMARTS) is 1. The van der Waals surface area contributed by atoms with Crippen LogP contribution >= 0.6 is 0 Å². The standard InChI is InChI=1S/C61H98O12/c1-4-7-10-13-16-19-22-25-27-30-32-35-38-41-44-47-53(62)69-50-52(71-54(63)48-45-42-39-36-33-29-24-21-18-15-12-9-6-3)51-70-61-59(57(66)56(65)58(73-61)60(67)68)72-55(64)49-46-43-40-37-34-31-28-26-23-20-17-14-11-8-5-2/h8-9,11-12,17-18,20-21,25-29,33,39,42,52,56-59,61,65-66H,4-7,10,13-16,19,22-24,30-32,34-38,40-41,43-51H2,1-3H3,(H,67,68)/b11-8-,12-9-,20-17-,21-18-,27-25-,28-26-,33-29-,42-39-. The van der Waals surface area contributed by atoms with E-state index < -0.39 is 67.3 Å². The number of allylic oxidation sites excluding steroid dienone is 16. The molecule has 0 aromatic carbocycles. The van der Waals surface area contributed by atoms with Gasteiger partial charge >= 0.3 is 23.9 Å². The van der Waals surface area contributed by atoms with Crippen molar-refractivity contribution < 1.29 is 58.2 Å². The number of aliphatic carboxylic acids is 1. The van der Waals surface area contributed by atoms with Crippen LogP contribution in [0.15, 0.2) is 97.2 Å². The van der Waals surface area contributed by atoms with Gasteiger partial charge in [-0.3, -0.25) is 14.4 Å². The van der Waals surface area contributed by atoms with E-state index in [0.29, 0.717) is 25.7 Å². The number of rotatable bonds is 46. The molecule has 0 aromatic heterocycles. The highest BCUT2D eigenvalue weighted by Crippen LogP contribution is 2.26. The highest BCUT2D eigenvalue weighted by atomic mass is 16.7. The Hall–Kier alpha value is -4.36. The van der Waals surface area contributed by atoms with Gasteiger partial charge in [0, 0.05) is 19.3 Å². The van der Waals surface area contributed by atoms with Crippen LogP contribution in [0.5, 0.6) is 0 Å². The maximum Gasteiger partial charge on any atom is 0.335 e. The van der Waals surface area contributed by atoms with Gasteiger partial charge < -0.3 is 39.0 Å². The van der Waals surface area contributed by atoms with E-state index in [2.05, 4.69) is 106 Å². The van der Waals surface area contributed by atoms with Crippen molar-refractivity contribution >= 4 is 23.9 Å². The fourth-order valence-corrected chi connectivity index (χ4v) is 7.86. The summed E-state index contributed by atoms with van der Waals surface area (Å²) in [5.41, 5.74) is 0. The maximum atomic E-state index is 13.1. The van der Waals surface area contributed by atoms with Crippen LogP contribution in [-0.2, 0) is 42.9 Å². The summed E-state index contributed by atoms with van der Waals surface area (Å²) in [5, 5.41) is 31.4. The molecule has 1 aliphatic rings. The van der Waals surface area contributed by atoms with Crippen molar-refractivity contribution in [3.8, 4) is 0 Å². The Labute approximate surface area is 441 Å². The summed E-state index contributed by atoms with van der Waals surface area (Å²) in [4.78, 5) is 51.0. The largest absolute Gasteiger partial charge is 0.479 e. The molecule has 12 heteroatoms. The molecule has 12 nitrogen and oxygen atoms in total. The average Bonchev–Trinajstić information content (AvgIpc) is 3.37. The summed E-state index contributed by atoms with van der Waals surface area (Å²) in [6, 6.07) is 0. The van der Waals surface area contributed by atoms with Crippen molar-refractivity contribution in [1.82, 2.24) is 0 Å². The normalized spacial score (nSPS) is 19.1. The molecular weight excluding hydrogens is 925 g/mol. The Balaban J connectivity index is 2.76. The summed E-state index contributed by atoms with van der Waals surface area (Å²) in [6.45, 7) is 5.66. The van der Waals surface area contributed by atoms with Crippen LogP contribution < -0.4 is 0 Å². The van der Waals surface area contributed by atoms with Crippen LogP contribution in [0.1, 0.15) is 213 Å². The van der Waals surface area contributed by atoms with Crippen LogP contribution in [0, 0.1) is 0 Å². The third-order valence-electron chi connectivity index (χ3n) is 12.1. The minimum atomic E-state index is -1.92. The van der Waals surface area contributed by atoms with Gasteiger partial charge in [-0.25, -0.2) is 4.79 Å². The van der Waals surface area contributed by atoms with Crippen LogP contribution in [0.25, 0.3) is 0 Å². The van der Waals surface area contributed by atoms with E-state index in [0.717, 1.165) is 109 Å². The number of esters is 3. The molecule has 6 atom stereocenters. The minimum absolute atomic E-state index is 0.0280. The van der Waals surface area contributed by atoms with E-state index in [1.54, 1.807) is 0 Å². The molecule has 73 heavy (non-hydrogen) atoms. The maximum absolute atomic E-state index is 13.1. The summed E-state index contributed by atoms with van der Waals surface area (Å²) in [7, 11) is 0. The van der Waals surface area contributed by atoms with Gasteiger partial charge in [0.25, 0.3) is 0 Å². The molecule has 0 bridgehead atoms. The molecular formula is C61H98O12. The van der Waals surface area contributed by atoms with E-state index in [9.17, 15) is 34.5 Å². The Morgan fingerprint density at radius 1 is 0.466 bits per heavy atom. The molecule has 1 heterocycles. The van der Waals surface area contributed by atoms with Gasteiger partial charge in [-0.2, -0.15) is 0 Å². The summed E-state index contributed by atoms with van der Waals surface area (Å²) >= 11 is 0. The SMILES string of the molecule is CC/C=C\C/C=C\C/C=C\C/C=C\CCC(=O)OC(COC(=O)CCCCCCC/C=C\CCCCCCCC)COC1OC(C(=O)O)C(O)C(O)C1OC(=O)CCCCCCC/C=C\C/C=C\C/C=C\CC. The first-order valence-electron chi connectivity index (χ1n) is 28.2. The molecule has 1 saturated heterocycles. The zero-order valence-electron chi connectivity index (χ0n) is 45.3. The second-order valence-electron chi connectivity index (χ2n) is 18.8. The first kappa shape index (κ1) is 66.7. The lowest BCUT2D eigenvalue weighted by Gasteiger charge is -2.40. The number of aliphatic hydroxyl groups is 2. The molecule has 3 N–H and O–H groups in total. The van der Waals surface area contributed by atoms with E-state index in [-0.39, 0.29) is 25.9 Å². The zero-order valence-corrected chi connectivity index (χ0v) is 45.3. The molecule has 1 fully saturated rings. The number of carbonyl (C=O) groups is 4. The molecule has 6 unspecified atom stereocenters. The highest BCUT2D eigenvalue weighted by Gasteiger charge is 2.50. The van der Waals surface area contributed by atoms with Gasteiger partial charge in [-0.1, -0.05) is 189 Å². The van der Waals surface area contributed by atoms with Crippen molar-refractivity contribution in [3.63, 3.8) is 0 Å². The second kappa shape index (κ2) is 48.6. The molecule has 0 amide bonds. The van der Waals surface area contributed by atoms with Crippen LogP contribution in [0.2, 0.25) is 0 Å². The lowest BCUT2D eigenvalue weighted by molar-refractivity contribution is -0.301. The average molecular weight is 1020 g/mol. The zero-order chi connectivity index (χ0) is 53.3. The van der Waals surface area contributed by atoms with Gasteiger partial charge in [-0.15, -0.1) is 0 Å². The van der Waals surface area contributed by atoms with Gasteiger partial charge in [0.1, 0.15) is 18.8 Å². The van der Waals surface area contributed by atoms with Crippen molar-refractivity contribution in [2.24, 2.45) is 0 Å². The lowest BCUT2D eigenvalue weighted by Crippen LogP contribution is -2.61. The van der Waals surface area contributed by atoms with E-state index in [1.165, 1.54) is 38.5 Å². The molecule has 0 aromatic rings. The van der Waals surface area contributed by atoms with Gasteiger partial charge in [0.05, 0.1) is 6.61 Å². The minimum Gasteiger partial charge on any atom is -0.479 e. The smallest absolute Gasteiger partial charge is 0.335 e. The van der Waals surface area contributed by atoms with Crippen molar-refractivity contribution in [2.75, 3.05) is 13.2 Å². The predicted octanol–water partition coefficient (Wildman–Crippen LogP) is 14.1. The van der Waals surface area contributed by atoms with Gasteiger partial charge in [0.15, 0.2) is 24.6 Å². The predicted molar refractivity (Wildman–Crippen MR) is 294 cm³/mol. The Morgan fingerprint density at radius 3 is 1.38 bits per heavy atom. The highest BCUT2D eigenvalue weighted by molar-refractivity contribution is 5.74. The third-order valence-corrected chi connectivity index (χ3v) is 12.1. The molecule has 0 aliphatic carbocycles. The van der Waals surface area contributed by atoms with E-state index in [1.807, 2.05) is 12.2 Å². The molecule has 0 saturated carbocycles. The first-order chi connectivity index (χ1) is 35.6. The van der Waals surface area contributed by atoms with Gasteiger partial charge in [0.2, 0.25) is 0 Å².